The summed E-state index contributed by atoms with van der Waals surface area (Å²) in [5.74, 6) is 1.76. The summed E-state index contributed by atoms with van der Waals surface area (Å²) in [6.45, 7) is 4.51. The average Bonchev–Trinajstić information content (AvgIpc) is 2.61. The third-order valence-electron chi connectivity index (χ3n) is 4.38. The predicted octanol–water partition coefficient (Wildman–Crippen LogP) is 3.56. The highest BCUT2D eigenvalue weighted by molar-refractivity contribution is 5.78. The topological polar surface area (TPSA) is 63.7 Å². The second kappa shape index (κ2) is 7.96. The van der Waals surface area contributed by atoms with E-state index in [4.69, 9.17) is 10.5 Å². The van der Waals surface area contributed by atoms with Gasteiger partial charge in [-0.2, -0.15) is 0 Å². The molecule has 25 heavy (non-hydrogen) atoms. The predicted molar refractivity (Wildman–Crippen MR) is 96.0 cm³/mol. The molecule has 1 aromatic heterocycles. The Morgan fingerprint density at radius 3 is 2.88 bits per heavy atom. The molecule has 2 aromatic rings. The zero-order chi connectivity index (χ0) is 17.6. The van der Waals surface area contributed by atoms with E-state index in [0.29, 0.717) is 24.1 Å². The number of aromatic nitrogens is 1. The van der Waals surface area contributed by atoms with Gasteiger partial charge < -0.3 is 15.4 Å². The smallest absolute Gasteiger partial charge is 0.224 e. The minimum absolute atomic E-state index is 0.350. The molecule has 1 aromatic carbocycles. The lowest BCUT2D eigenvalue weighted by Crippen LogP contribution is -2.42. The average molecular weight is 342 g/mol. The van der Waals surface area contributed by atoms with Gasteiger partial charge in [0.15, 0.2) is 5.96 Å². The summed E-state index contributed by atoms with van der Waals surface area (Å²) >= 11 is 0. The van der Waals surface area contributed by atoms with Crippen molar-refractivity contribution in [1.29, 1.82) is 0 Å². The molecule has 3 rings (SSSR count). The van der Waals surface area contributed by atoms with Crippen LogP contribution in [0.3, 0.4) is 0 Å². The maximum Gasteiger partial charge on any atom is 0.224 e. The van der Waals surface area contributed by atoms with Crippen LogP contribution < -0.4 is 10.5 Å². The van der Waals surface area contributed by atoms with Gasteiger partial charge in [0.25, 0.3) is 0 Å². The molecule has 5 nitrogen and oxygen atoms in total. The number of pyridine rings is 1. The fraction of sp³-hybridized carbons (Fsp3) is 0.368. The van der Waals surface area contributed by atoms with Gasteiger partial charge in [0.05, 0.1) is 6.54 Å². The van der Waals surface area contributed by atoms with Crippen LogP contribution in [0.5, 0.6) is 11.6 Å². The van der Waals surface area contributed by atoms with E-state index in [0.717, 1.165) is 37.4 Å². The van der Waals surface area contributed by atoms with Crippen LogP contribution in [0, 0.1) is 11.7 Å². The van der Waals surface area contributed by atoms with Crippen molar-refractivity contribution in [2.24, 2.45) is 16.6 Å². The zero-order valence-electron chi connectivity index (χ0n) is 14.4. The summed E-state index contributed by atoms with van der Waals surface area (Å²) in [5.41, 5.74) is 6.93. The summed E-state index contributed by atoms with van der Waals surface area (Å²) in [6.07, 6.45) is 3.91. The molecular weight excluding hydrogens is 319 g/mol. The van der Waals surface area contributed by atoms with Crippen LogP contribution in [0.15, 0.2) is 47.6 Å². The summed E-state index contributed by atoms with van der Waals surface area (Å²) in [5, 5.41) is 0. The number of nitrogens with zero attached hydrogens (tertiary/aromatic N) is 3. The van der Waals surface area contributed by atoms with Gasteiger partial charge in [0, 0.05) is 30.9 Å². The first-order valence-electron chi connectivity index (χ1n) is 8.54. The highest BCUT2D eigenvalue weighted by Crippen LogP contribution is 2.24. The van der Waals surface area contributed by atoms with Crippen LogP contribution in [0.25, 0.3) is 0 Å². The van der Waals surface area contributed by atoms with E-state index in [-0.39, 0.29) is 5.82 Å². The van der Waals surface area contributed by atoms with Crippen molar-refractivity contribution >= 4 is 5.96 Å². The van der Waals surface area contributed by atoms with Crippen LogP contribution in [0.1, 0.15) is 25.3 Å². The van der Waals surface area contributed by atoms with Crippen molar-refractivity contribution in [3.63, 3.8) is 0 Å². The lowest BCUT2D eigenvalue weighted by Gasteiger charge is -2.31. The summed E-state index contributed by atoms with van der Waals surface area (Å²) < 4.78 is 19.0. The highest BCUT2D eigenvalue weighted by Gasteiger charge is 2.17. The molecule has 6 heteroatoms. The molecular formula is C19H23FN4O. The molecule has 132 valence electrons. The Labute approximate surface area is 147 Å². The lowest BCUT2D eigenvalue weighted by atomic mass is 10.00. The van der Waals surface area contributed by atoms with E-state index in [9.17, 15) is 4.39 Å². The van der Waals surface area contributed by atoms with Crippen molar-refractivity contribution in [3.8, 4) is 11.6 Å². The number of nitrogens with two attached hydrogens (primary N) is 1. The second-order valence-electron chi connectivity index (χ2n) is 6.37. The van der Waals surface area contributed by atoms with Gasteiger partial charge in [0.2, 0.25) is 5.88 Å². The summed E-state index contributed by atoms with van der Waals surface area (Å²) in [6, 6.07) is 9.69. The SMILES string of the molecule is CC1CCN(C(N)=NCc2cccnc2Oc2cccc(F)c2)CC1. The number of ether oxygens (including phenoxy) is 1. The van der Waals surface area contributed by atoms with Gasteiger partial charge in [-0.15, -0.1) is 0 Å². The van der Waals surface area contributed by atoms with Crippen molar-refractivity contribution in [3.05, 3.63) is 54.0 Å². The standard InChI is InChI=1S/C19H23FN4O/c1-14-7-10-24(11-8-14)19(21)23-13-15-4-3-9-22-18(15)25-17-6-2-5-16(20)12-17/h2-6,9,12,14H,7-8,10-11,13H2,1H3,(H2,21,23). The Kier molecular flexibility index (Phi) is 5.48. The van der Waals surface area contributed by atoms with E-state index in [2.05, 4.69) is 21.8 Å². The Morgan fingerprint density at radius 1 is 1.32 bits per heavy atom. The molecule has 0 unspecified atom stereocenters. The van der Waals surface area contributed by atoms with Gasteiger partial charge in [-0.1, -0.05) is 19.1 Å². The molecule has 0 aliphatic carbocycles. The molecule has 0 spiro atoms. The van der Waals surface area contributed by atoms with E-state index >= 15 is 0 Å². The fourth-order valence-corrected chi connectivity index (χ4v) is 2.78. The number of rotatable bonds is 4. The first kappa shape index (κ1) is 17.2. The molecule has 0 bridgehead atoms. The molecule has 1 aliphatic heterocycles. The number of likely N-dealkylation sites (tertiary alicyclic amines) is 1. The quantitative estimate of drug-likeness (QED) is 0.682. The summed E-state index contributed by atoms with van der Waals surface area (Å²) in [7, 11) is 0. The van der Waals surface area contributed by atoms with Crippen LogP contribution >= 0.6 is 0 Å². The maximum atomic E-state index is 13.3. The number of piperidine rings is 1. The third-order valence-corrected chi connectivity index (χ3v) is 4.38. The van der Waals surface area contributed by atoms with Gasteiger partial charge in [-0.25, -0.2) is 14.4 Å². The minimum Gasteiger partial charge on any atom is -0.439 e. The maximum absolute atomic E-state index is 13.3. The number of hydrogen-bond acceptors (Lipinski definition) is 3. The van der Waals surface area contributed by atoms with Crippen molar-refractivity contribution in [2.75, 3.05) is 13.1 Å². The van der Waals surface area contributed by atoms with Crippen LogP contribution in [0.2, 0.25) is 0 Å². The first-order valence-corrected chi connectivity index (χ1v) is 8.54. The number of guanidine groups is 1. The van der Waals surface area contributed by atoms with Crippen molar-refractivity contribution in [2.45, 2.75) is 26.3 Å². The number of halogens is 1. The molecule has 0 amide bonds. The molecule has 1 saturated heterocycles. The molecule has 0 atom stereocenters. The number of aliphatic imine (C=N–C) groups is 1. The van der Waals surface area contributed by atoms with Crippen LogP contribution in [0.4, 0.5) is 4.39 Å². The lowest BCUT2D eigenvalue weighted by molar-refractivity contribution is 0.277. The van der Waals surface area contributed by atoms with Crippen LogP contribution in [-0.2, 0) is 6.54 Å². The van der Waals surface area contributed by atoms with E-state index in [1.54, 1.807) is 18.3 Å². The van der Waals surface area contributed by atoms with Gasteiger partial charge in [-0.05, 0) is 37.0 Å². The first-order chi connectivity index (χ1) is 12.1. The minimum atomic E-state index is -0.350. The summed E-state index contributed by atoms with van der Waals surface area (Å²) in [4.78, 5) is 10.8. The molecule has 2 N–H and O–H groups in total. The number of hydrogen-bond donors (Lipinski definition) is 1. The van der Waals surface area contributed by atoms with Crippen LogP contribution in [-0.4, -0.2) is 28.9 Å². The Hall–Kier alpha value is -2.63. The molecule has 0 radical (unpaired) electrons. The van der Waals surface area contributed by atoms with Gasteiger partial charge in [-0.3, -0.25) is 0 Å². The monoisotopic (exact) mass is 342 g/mol. The molecule has 1 aliphatic rings. The Balaban J connectivity index is 1.69. The van der Waals surface area contributed by atoms with Crippen molar-refractivity contribution < 1.29 is 9.13 Å². The molecule has 1 fully saturated rings. The van der Waals surface area contributed by atoms with E-state index in [1.807, 2.05) is 12.1 Å². The highest BCUT2D eigenvalue weighted by atomic mass is 19.1. The number of benzene rings is 1. The normalized spacial score (nSPS) is 16.1. The fourth-order valence-electron chi connectivity index (χ4n) is 2.78. The zero-order valence-corrected chi connectivity index (χ0v) is 14.4. The van der Waals surface area contributed by atoms with Gasteiger partial charge >= 0.3 is 0 Å². The largest absolute Gasteiger partial charge is 0.439 e. The van der Waals surface area contributed by atoms with Crippen molar-refractivity contribution in [1.82, 2.24) is 9.88 Å². The van der Waals surface area contributed by atoms with E-state index < -0.39 is 0 Å². The van der Waals surface area contributed by atoms with Gasteiger partial charge in [0.1, 0.15) is 11.6 Å². The second-order valence-corrected chi connectivity index (χ2v) is 6.37. The van der Waals surface area contributed by atoms with E-state index in [1.165, 1.54) is 12.1 Å². The molecule has 0 saturated carbocycles. The Morgan fingerprint density at radius 2 is 2.12 bits per heavy atom. The third kappa shape index (κ3) is 4.68. The molecule has 2 heterocycles. The Bertz CT molecular complexity index is 742.